The standard InChI is InChI=1S/C14H22N2O3/c1-9(2)11-12(18-3)16-14(13(15-11)19-4)8-6-5-7-10(14)17/h5,7,9-11,17H,6,8H2,1-4H3/t10?,11-,14?/m1/s1. The van der Waals surface area contributed by atoms with Crippen molar-refractivity contribution < 1.29 is 14.6 Å². The molecule has 106 valence electrons. The Balaban J connectivity index is 2.46. The number of hydrogen-bond donors (Lipinski definition) is 1. The van der Waals surface area contributed by atoms with Gasteiger partial charge in [-0.3, -0.25) is 0 Å². The van der Waals surface area contributed by atoms with Crippen molar-refractivity contribution in [2.24, 2.45) is 15.9 Å². The summed E-state index contributed by atoms with van der Waals surface area (Å²) in [6.07, 6.45) is 4.50. The molecule has 2 unspecified atom stereocenters. The van der Waals surface area contributed by atoms with Crippen molar-refractivity contribution in [2.45, 2.75) is 44.4 Å². The van der Waals surface area contributed by atoms with Crippen LogP contribution >= 0.6 is 0 Å². The molecule has 3 atom stereocenters. The molecule has 1 heterocycles. The summed E-state index contributed by atoms with van der Waals surface area (Å²) in [4.78, 5) is 9.29. The molecule has 1 aliphatic carbocycles. The summed E-state index contributed by atoms with van der Waals surface area (Å²) in [6.45, 7) is 4.12. The first-order chi connectivity index (χ1) is 9.05. The Morgan fingerprint density at radius 1 is 1.37 bits per heavy atom. The zero-order valence-electron chi connectivity index (χ0n) is 12.0. The first-order valence-electron chi connectivity index (χ1n) is 6.66. The second kappa shape index (κ2) is 5.33. The van der Waals surface area contributed by atoms with E-state index in [2.05, 4.69) is 23.8 Å². The van der Waals surface area contributed by atoms with E-state index in [1.165, 1.54) is 0 Å². The van der Waals surface area contributed by atoms with Crippen LogP contribution in [0.25, 0.3) is 0 Å². The van der Waals surface area contributed by atoms with E-state index < -0.39 is 11.6 Å². The van der Waals surface area contributed by atoms with E-state index >= 15 is 0 Å². The van der Waals surface area contributed by atoms with Crippen LogP contribution in [0.2, 0.25) is 0 Å². The minimum Gasteiger partial charge on any atom is -0.483 e. The molecular weight excluding hydrogens is 244 g/mol. The van der Waals surface area contributed by atoms with E-state index in [4.69, 9.17) is 9.47 Å². The van der Waals surface area contributed by atoms with Crippen molar-refractivity contribution in [2.75, 3.05) is 14.2 Å². The normalized spacial score (nSPS) is 34.2. The van der Waals surface area contributed by atoms with E-state index in [1.807, 2.05) is 6.08 Å². The van der Waals surface area contributed by atoms with Crippen LogP contribution in [0.5, 0.6) is 0 Å². The maximum absolute atomic E-state index is 10.3. The molecule has 0 aromatic heterocycles. The fourth-order valence-electron chi connectivity index (χ4n) is 2.63. The van der Waals surface area contributed by atoms with Gasteiger partial charge in [-0.1, -0.05) is 26.0 Å². The lowest BCUT2D eigenvalue weighted by Crippen LogP contribution is -2.54. The first kappa shape index (κ1) is 14.1. The van der Waals surface area contributed by atoms with Crippen molar-refractivity contribution in [3.63, 3.8) is 0 Å². The summed E-state index contributed by atoms with van der Waals surface area (Å²) in [5, 5.41) is 10.3. The first-order valence-corrected chi connectivity index (χ1v) is 6.66. The Morgan fingerprint density at radius 3 is 2.63 bits per heavy atom. The second-order valence-electron chi connectivity index (χ2n) is 5.32. The van der Waals surface area contributed by atoms with Crippen LogP contribution in [0.15, 0.2) is 22.1 Å². The van der Waals surface area contributed by atoms with Gasteiger partial charge in [-0.15, -0.1) is 0 Å². The molecule has 1 spiro atoms. The van der Waals surface area contributed by atoms with Crippen molar-refractivity contribution in [3.05, 3.63) is 12.2 Å². The summed E-state index contributed by atoms with van der Waals surface area (Å²) in [7, 11) is 3.18. The molecule has 0 aromatic rings. The largest absolute Gasteiger partial charge is 0.483 e. The van der Waals surface area contributed by atoms with Gasteiger partial charge in [-0.05, 0) is 18.8 Å². The van der Waals surface area contributed by atoms with Gasteiger partial charge in [0.2, 0.25) is 11.8 Å². The molecule has 2 rings (SSSR count). The van der Waals surface area contributed by atoms with Gasteiger partial charge in [0.25, 0.3) is 0 Å². The van der Waals surface area contributed by atoms with Crippen LogP contribution in [-0.2, 0) is 9.47 Å². The summed E-state index contributed by atoms with van der Waals surface area (Å²) in [6, 6.07) is -0.149. The average Bonchev–Trinajstić information content (AvgIpc) is 2.41. The highest BCUT2D eigenvalue weighted by atomic mass is 16.5. The lowest BCUT2D eigenvalue weighted by atomic mass is 9.82. The molecule has 19 heavy (non-hydrogen) atoms. The molecule has 5 nitrogen and oxygen atoms in total. The highest BCUT2D eigenvalue weighted by molar-refractivity contribution is 5.97. The van der Waals surface area contributed by atoms with E-state index in [0.717, 1.165) is 6.42 Å². The van der Waals surface area contributed by atoms with E-state index in [-0.39, 0.29) is 12.0 Å². The predicted octanol–water partition coefficient (Wildman–Crippen LogP) is 1.56. The molecule has 0 amide bonds. The number of rotatable bonds is 1. The summed E-state index contributed by atoms with van der Waals surface area (Å²) < 4.78 is 10.8. The number of methoxy groups -OCH3 is 2. The number of nitrogens with zero attached hydrogens (tertiary/aromatic N) is 2. The van der Waals surface area contributed by atoms with Crippen molar-refractivity contribution in [1.29, 1.82) is 0 Å². The number of hydrogen-bond acceptors (Lipinski definition) is 5. The Kier molecular flexibility index (Phi) is 3.94. The monoisotopic (exact) mass is 266 g/mol. The fourth-order valence-corrected chi connectivity index (χ4v) is 2.63. The average molecular weight is 266 g/mol. The maximum Gasteiger partial charge on any atom is 0.215 e. The van der Waals surface area contributed by atoms with Gasteiger partial charge in [0.05, 0.1) is 14.2 Å². The zero-order chi connectivity index (χ0) is 14.0. The molecule has 0 fully saturated rings. The van der Waals surface area contributed by atoms with Gasteiger partial charge >= 0.3 is 0 Å². The van der Waals surface area contributed by atoms with Crippen LogP contribution in [0.1, 0.15) is 26.7 Å². The Labute approximate surface area is 114 Å². The van der Waals surface area contributed by atoms with Gasteiger partial charge in [-0.2, -0.15) is 0 Å². The van der Waals surface area contributed by atoms with Crippen LogP contribution in [0.4, 0.5) is 0 Å². The van der Waals surface area contributed by atoms with Gasteiger partial charge in [-0.25, -0.2) is 9.98 Å². The molecular formula is C14H22N2O3. The van der Waals surface area contributed by atoms with E-state index in [1.54, 1.807) is 20.3 Å². The van der Waals surface area contributed by atoms with Crippen LogP contribution in [0.3, 0.4) is 0 Å². The van der Waals surface area contributed by atoms with Crippen LogP contribution < -0.4 is 0 Å². The predicted molar refractivity (Wildman–Crippen MR) is 74.6 cm³/mol. The molecule has 0 saturated heterocycles. The van der Waals surface area contributed by atoms with E-state index in [9.17, 15) is 5.11 Å². The van der Waals surface area contributed by atoms with Gasteiger partial charge < -0.3 is 14.6 Å². The Bertz CT molecular complexity index is 428. The molecule has 1 N–H and O–H groups in total. The van der Waals surface area contributed by atoms with Crippen LogP contribution in [-0.4, -0.2) is 48.8 Å². The number of ether oxygens (including phenoxy) is 2. The molecule has 0 radical (unpaired) electrons. The van der Waals surface area contributed by atoms with Crippen molar-refractivity contribution in [1.82, 2.24) is 0 Å². The Hall–Kier alpha value is -1.36. The zero-order valence-corrected chi connectivity index (χ0v) is 12.0. The van der Waals surface area contributed by atoms with Gasteiger partial charge in [0.15, 0.2) is 5.54 Å². The highest BCUT2D eigenvalue weighted by Crippen LogP contribution is 2.34. The third-order valence-corrected chi connectivity index (χ3v) is 3.72. The number of aliphatic hydroxyl groups excluding tert-OH is 1. The lowest BCUT2D eigenvalue weighted by molar-refractivity contribution is 0.131. The lowest BCUT2D eigenvalue weighted by Gasteiger charge is -2.39. The van der Waals surface area contributed by atoms with Crippen molar-refractivity contribution >= 4 is 11.8 Å². The number of allylic oxidation sites excluding steroid dienone is 1. The van der Waals surface area contributed by atoms with Gasteiger partial charge in [0.1, 0.15) is 12.1 Å². The highest BCUT2D eigenvalue weighted by Gasteiger charge is 2.48. The Morgan fingerprint density at radius 2 is 2.11 bits per heavy atom. The van der Waals surface area contributed by atoms with E-state index in [0.29, 0.717) is 18.2 Å². The number of aliphatic hydroxyl groups is 1. The smallest absolute Gasteiger partial charge is 0.215 e. The topological polar surface area (TPSA) is 63.4 Å². The van der Waals surface area contributed by atoms with Crippen molar-refractivity contribution in [3.8, 4) is 0 Å². The third-order valence-electron chi connectivity index (χ3n) is 3.72. The minimum absolute atomic E-state index is 0.149. The second-order valence-corrected chi connectivity index (χ2v) is 5.32. The molecule has 0 aromatic carbocycles. The molecule has 0 saturated carbocycles. The number of aliphatic imine (C=N–C) groups is 2. The third kappa shape index (κ3) is 2.27. The van der Waals surface area contributed by atoms with Gasteiger partial charge in [0, 0.05) is 0 Å². The summed E-state index contributed by atoms with van der Waals surface area (Å²) in [5.41, 5.74) is -0.819. The molecule has 5 heteroatoms. The molecule has 1 aliphatic heterocycles. The minimum atomic E-state index is -0.819. The maximum atomic E-state index is 10.3. The summed E-state index contributed by atoms with van der Waals surface area (Å²) in [5.74, 6) is 1.34. The SMILES string of the molecule is COC1=NC2(CCC=CC2O)C(OC)=N[C@@H]1C(C)C. The molecule has 2 aliphatic rings. The quantitative estimate of drug-likeness (QED) is 0.733. The van der Waals surface area contributed by atoms with Crippen LogP contribution in [0, 0.1) is 5.92 Å². The summed E-state index contributed by atoms with van der Waals surface area (Å²) >= 11 is 0. The fraction of sp³-hybridized carbons (Fsp3) is 0.714. The molecule has 0 bridgehead atoms.